The Balaban J connectivity index is 1.61. The van der Waals surface area contributed by atoms with E-state index in [-0.39, 0.29) is 0 Å². The van der Waals surface area contributed by atoms with Gasteiger partial charge in [-0.1, -0.05) is 6.07 Å². The van der Waals surface area contributed by atoms with Gasteiger partial charge in [0.15, 0.2) is 0 Å². The first-order valence-electron chi connectivity index (χ1n) is 7.86. The Morgan fingerprint density at radius 1 is 1.33 bits per heavy atom. The first-order chi connectivity index (χ1) is 10.3. The molecule has 0 aromatic carbocycles. The number of hydrogen-bond acceptors (Lipinski definition) is 5. The van der Waals surface area contributed by atoms with Crippen LogP contribution in [0.15, 0.2) is 24.4 Å². The standard InChI is InChI=1S/C16H28N4O/c1-19(13-14-21-2)12-9-17-15-6-10-20(11-7-15)16-5-3-4-8-18-16/h3-5,8,15,17H,6-7,9-14H2,1-2H3. The van der Waals surface area contributed by atoms with Crippen LogP contribution in [0.1, 0.15) is 12.8 Å². The number of nitrogens with one attached hydrogen (secondary N) is 1. The summed E-state index contributed by atoms with van der Waals surface area (Å²) in [7, 11) is 3.89. The number of rotatable bonds is 8. The maximum absolute atomic E-state index is 5.09. The fraction of sp³-hybridized carbons (Fsp3) is 0.688. The van der Waals surface area contributed by atoms with E-state index in [2.05, 4.69) is 39.3 Å². The Morgan fingerprint density at radius 2 is 2.14 bits per heavy atom. The molecule has 0 unspecified atom stereocenters. The smallest absolute Gasteiger partial charge is 0.128 e. The number of hydrogen-bond donors (Lipinski definition) is 1. The minimum absolute atomic E-state index is 0.640. The summed E-state index contributed by atoms with van der Waals surface area (Å²) in [6.45, 7) is 6.11. The molecule has 1 N–H and O–H groups in total. The van der Waals surface area contributed by atoms with E-state index in [1.807, 2.05) is 12.3 Å². The first-order valence-corrected chi connectivity index (χ1v) is 7.86. The van der Waals surface area contributed by atoms with Gasteiger partial charge in [-0.25, -0.2) is 4.98 Å². The van der Waals surface area contributed by atoms with E-state index in [9.17, 15) is 0 Å². The molecule has 0 bridgehead atoms. The third-order valence-corrected chi connectivity index (χ3v) is 4.07. The zero-order chi connectivity index (χ0) is 14.9. The quantitative estimate of drug-likeness (QED) is 0.780. The second-order valence-corrected chi connectivity index (χ2v) is 5.70. The third-order valence-electron chi connectivity index (χ3n) is 4.07. The first kappa shape index (κ1) is 16.2. The van der Waals surface area contributed by atoms with Crippen molar-refractivity contribution in [3.05, 3.63) is 24.4 Å². The van der Waals surface area contributed by atoms with Crippen molar-refractivity contribution in [1.29, 1.82) is 0 Å². The summed E-state index contributed by atoms with van der Waals surface area (Å²) in [6.07, 6.45) is 4.26. The topological polar surface area (TPSA) is 40.6 Å². The molecule has 1 aromatic rings. The van der Waals surface area contributed by atoms with Gasteiger partial charge in [0.05, 0.1) is 6.61 Å². The molecule has 21 heavy (non-hydrogen) atoms. The highest BCUT2D eigenvalue weighted by molar-refractivity contribution is 5.38. The third kappa shape index (κ3) is 5.61. The lowest BCUT2D eigenvalue weighted by atomic mass is 10.1. The van der Waals surface area contributed by atoms with Crippen molar-refractivity contribution < 1.29 is 4.74 Å². The lowest BCUT2D eigenvalue weighted by Gasteiger charge is -2.33. The van der Waals surface area contributed by atoms with Crippen molar-refractivity contribution in [3.63, 3.8) is 0 Å². The lowest BCUT2D eigenvalue weighted by Crippen LogP contribution is -2.44. The van der Waals surface area contributed by atoms with Crippen molar-refractivity contribution in [1.82, 2.24) is 15.2 Å². The van der Waals surface area contributed by atoms with Crippen LogP contribution in [0.3, 0.4) is 0 Å². The molecule has 0 radical (unpaired) electrons. The Hall–Kier alpha value is -1.17. The maximum atomic E-state index is 5.09. The number of pyridine rings is 1. The average Bonchev–Trinajstić information content (AvgIpc) is 2.54. The molecule has 0 spiro atoms. The minimum Gasteiger partial charge on any atom is -0.383 e. The molecule has 0 atom stereocenters. The zero-order valence-corrected chi connectivity index (χ0v) is 13.3. The molecule has 1 aliphatic heterocycles. The van der Waals surface area contributed by atoms with Crippen LogP contribution >= 0.6 is 0 Å². The molecule has 5 nitrogen and oxygen atoms in total. The summed E-state index contributed by atoms with van der Waals surface area (Å²) >= 11 is 0. The van der Waals surface area contributed by atoms with Gasteiger partial charge in [0.25, 0.3) is 0 Å². The van der Waals surface area contributed by atoms with Gasteiger partial charge in [0, 0.05) is 52.1 Å². The van der Waals surface area contributed by atoms with Crippen LogP contribution in [0.25, 0.3) is 0 Å². The van der Waals surface area contributed by atoms with Crippen LogP contribution in [-0.4, -0.2) is 69.4 Å². The van der Waals surface area contributed by atoms with E-state index in [4.69, 9.17) is 4.74 Å². The molecule has 1 aliphatic rings. The predicted octanol–water partition coefficient (Wildman–Crippen LogP) is 1.22. The number of methoxy groups -OCH3 is 1. The Labute approximate surface area is 128 Å². The number of anilines is 1. The van der Waals surface area contributed by atoms with E-state index < -0.39 is 0 Å². The minimum atomic E-state index is 0.640. The molecular formula is C16H28N4O. The lowest BCUT2D eigenvalue weighted by molar-refractivity contribution is 0.160. The van der Waals surface area contributed by atoms with Gasteiger partial charge >= 0.3 is 0 Å². The van der Waals surface area contributed by atoms with E-state index in [0.717, 1.165) is 45.1 Å². The molecule has 1 saturated heterocycles. The highest BCUT2D eigenvalue weighted by Crippen LogP contribution is 2.16. The predicted molar refractivity (Wildman–Crippen MR) is 86.8 cm³/mol. The highest BCUT2D eigenvalue weighted by atomic mass is 16.5. The summed E-state index contributed by atoms with van der Waals surface area (Å²) in [6, 6.07) is 6.76. The van der Waals surface area contributed by atoms with Crippen LogP contribution in [0.5, 0.6) is 0 Å². The van der Waals surface area contributed by atoms with Gasteiger partial charge in [-0.3, -0.25) is 0 Å². The average molecular weight is 292 g/mol. The van der Waals surface area contributed by atoms with Crippen molar-refractivity contribution >= 4 is 5.82 Å². The second-order valence-electron chi connectivity index (χ2n) is 5.70. The Morgan fingerprint density at radius 3 is 2.81 bits per heavy atom. The monoisotopic (exact) mass is 292 g/mol. The Kier molecular flexibility index (Phi) is 6.92. The van der Waals surface area contributed by atoms with Gasteiger partial charge in [0.2, 0.25) is 0 Å². The van der Waals surface area contributed by atoms with Crippen LogP contribution in [-0.2, 0) is 4.74 Å². The van der Waals surface area contributed by atoms with Crippen molar-refractivity contribution in [2.24, 2.45) is 0 Å². The van der Waals surface area contributed by atoms with E-state index >= 15 is 0 Å². The molecule has 1 aromatic heterocycles. The van der Waals surface area contributed by atoms with Gasteiger partial charge in [-0.15, -0.1) is 0 Å². The summed E-state index contributed by atoms with van der Waals surface area (Å²) in [5, 5.41) is 3.67. The molecule has 0 amide bonds. The second kappa shape index (κ2) is 8.97. The zero-order valence-electron chi connectivity index (χ0n) is 13.3. The molecule has 2 heterocycles. The van der Waals surface area contributed by atoms with Crippen LogP contribution in [0.4, 0.5) is 5.82 Å². The summed E-state index contributed by atoms with van der Waals surface area (Å²) in [4.78, 5) is 9.11. The number of aromatic nitrogens is 1. The van der Waals surface area contributed by atoms with Crippen molar-refractivity contribution in [2.75, 3.05) is 58.4 Å². The summed E-state index contributed by atoms with van der Waals surface area (Å²) in [5.74, 6) is 1.11. The number of likely N-dealkylation sites (N-methyl/N-ethyl adjacent to an activating group) is 1. The van der Waals surface area contributed by atoms with Crippen LogP contribution in [0.2, 0.25) is 0 Å². The fourth-order valence-electron chi connectivity index (χ4n) is 2.67. The van der Waals surface area contributed by atoms with Crippen LogP contribution in [0, 0.1) is 0 Å². The molecule has 118 valence electrons. The van der Waals surface area contributed by atoms with E-state index in [1.54, 1.807) is 7.11 Å². The van der Waals surface area contributed by atoms with E-state index in [1.165, 1.54) is 12.8 Å². The van der Waals surface area contributed by atoms with Crippen LogP contribution < -0.4 is 10.2 Å². The molecule has 5 heteroatoms. The summed E-state index contributed by atoms with van der Waals surface area (Å²) < 4.78 is 5.09. The molecule has 0 saturated carbocycles. The number of ether oxygens (including phenoxy) is 1. The summed E-state index contributed by atoms with van der Waals surface area (Å²) in [5.41, 5.74) is 0. The Bertz CT molecular complexity index is 379. The van der Waals surface area contributed by atoms with Gasteiger partial charge in [0.1, 0.15) is 5.82 Å². The number of piperidine rings is 1. The normalized spacial score (nSPS) is 16.6. The van der Waals surface area contributed by atoms with Crippen molar-refractivity contribution in [2.45, 2.75) is 18.9 Å². The van der Waals surface area contributed by atoms with E-state index in [0.29, 0.717) is 6.04 Å². The SMILES string of the molecule is COCCN(C)CCNC1CCN(c2ccccn2)CC1. The molecule has 2 rings (SSSR count). The number of nitrogens with zero attached hydrogens (tertiary/aromatic N) is 3. The molecular weight excluding hydrogens is 264 g/mol. The largest absolute Gasteiger partial charge is 0.383 e. The fourth-order valence-corrected chi connectivity index (χ4v) is 2.67. The molecule has 0 aliphatic carbocycles. The highest BCUT2D eigenvalue weighted by Gasteiger charge is 2.19. The van der Waals surface area contributed by atoms with Crippen molar-refractivity contribution in [3.8, 4) is 0 Å². The van der Waals surface area contributed by atoms with Gasteiger partial charge < -0.3 is 19.9 Å². The van der Waals surface area contributed by atoms with Gasteiger partial charge in [-0.2, -0.15) is 0 Å². The van der Waals surface area contributed by atoms with Gasteiger partial charge in [-0.05, 0) is 32.0 Å². The maximum Gasteiger partial charge on any atom is 0.128 e. The molecule has 1 fully saturated rings.